The van der Waals surface area contributed by atoms with Gasteiger partial charge >= 0.3 is 0 Å². The molecule has 0 saturated carbocycles. The number of amides is 1. The summed E-state index contributed by atoms with van der Waals surface area (Å²) in [6.07, 6.45) is 0. The number of nitrogens with zero attached hydrogens (tertiary/aromatic N) is 4. The molecule has 0 fully saturated rings. The van der Waals surface area contributed by atoms with Crippen molar-refractivity contribution in [1.82, 2.24) is 14.4 Å². The second-order valence-electron chi connectivity index (χ2n) is 6.28. The normalized spacial score (nSPS) is 11.1. The Bertz CT molecular complexity index is 1430. The summed E-state index contributed by atoms with van der Waals surface area (Å²) in [6.45, 7) is 0. The molecule has 0 bridgehead atoms. The largest absolute Gasteiger partial charge is 0.316 e. The highest BCUT2D eigenvalue weighted by atomic mass is 32.2. The van der Waals surface area contributed by atoms with Crippen molar-refractivity contribution < 1.29 is 4.79 Å². The number of aromatic nitrogens is 3. The minimum absolute atomic E-state index is 0.176. The minimum Gasteiger partial charge on any atom is -0.316 e. The minimum atomic E-state index is -0.179. The summed E-state index contributed by atoms with van der Waals surface area (Å²) in [6, 6.07) is 19.5. The number of rotatable bonds is 4. The Labute approximate surface area is 173 Å². The lowest BCUT2D eigenvalue weighted by molar-refractivity contribution is -0.113. The van der Waals surface area contributed by atoms with Crippen LogP contribution in [-0.4, -0.2) is 26.0 Å². The van der Waals surface area contributed by atoms with Gasteiger partial charge in [0.15, 0.2) is 5.16 Å². The lowest BCUT2D eigenvalue weighted by Crippen LogP contribution is -2.14. The smallest absolute Gasteiger partial charge is 0.235 e. The van der Waals surface area contributed by atoms with Crippen molar-refractivity contribution in [2.24, 2.45) is 0 Å². The fraction of sp³-hybridized carbons (Fsp3) is 0.0476. The van der Waals surface area contributed by atoms with Gasteiger partial charge in [-0.05, 0) is 35.7 Å². The molecule has 0 radical (unpaired) electrons. The van der Waals surface area contributed by atoms with E-state index in [-0.39, 0.29) is 11.7 Å². The van der Waals surface area contributed by atoms with Crippen LogP contribution in [0.3, 0.4) is 0 Å². The Kier molecular flexibility index (Phi) is 4.39. The van der Waals surface area contributed by atoms with Crippen LogP contribution < -0.4 is 5.32 Å². The molecule has 0 aliphatic rings. The molecule has 5 rings (SSSR count). The zero-order valence-corrected chi connectivity index (χ0v) is 16.6. The maximum Gasteiger partial charge on any atom is 0.235 e. The van der Waals surface area contributed by atoms with Crippen molar-refractivity contribution in [3.8, 4) is 6.07 Å². The molecule has 0 saturated heterocycles. The first kappa shape index (κ1) is 17.7. The fourth-order valence-electron chi connectivity index (χ4n) is 3.20. The van der Waals surface area contributed by atoms with Gasteiger partial charge in [0.2, 0.25) is 5.91 Å². The molecule has 2 aromatic carbocycles. The topological polar surface area (TPSA) is 83.1 Å². The van der Waals surface area contributed by atoms with Crippen LogP contribution in [0.4, 0.5) is 5.00 Å². The van der Waals surface area contributed by atoms with Gasteiger partial charge in [-0.15, -0.1) is 11.3 Å². The Morgan fingerprint density at radius 1 is 1.10 bits per heavy atom. The summed E-state index contributed by atoms with van der Waals surface area (Å²) in [5.74, 6) is -0.00288. The molecule has 29 heavy (non-hydrogen) atoms. The van der Waals surface area contributed by atoms with Gasteiger partial charge in [0.1, 0.15) is 16.7 Å². The van der Waals surface area contributed by atoms with Crippen molar-refractivity contribution in [2.75, 3.05) is 11.1 Å². The van der Waals surface area contributed by atoms with E-state index in [1.807, 2.05) is 52.9 Å². The van der Waals surface area contributed by atoms with Gasteiger partial charge in [-0.2, -0.15) is 5.26 Å². The summed E-state index contributed by atoms with van der Waals surface area (Å²) < 4.78 is 2.00. The lowest BCUT2D eigenvalue weighted by Gasteiger charge is -2.08. The quantitative estimate of drug-likeness (QED) is 0.340. The van der Waals surface area contributed by atoms with Gasteiger partial charge in [-0.25, -0.2) is 9.97 Å². The number of fused-ring (bicyclic) bond motifs is 5. The maximum absolute atomic E-state index is 12.5. The van der Waals surface area contributed by atoms with E-state index in [0.717, 1.165) is 27.6 Å². The van der Waals surface area contributed by atoms with Crippen molar-refractivity contribution >= 4 is 61.6 Å². The van der Waals surface area contributed by atoms with Crippen LogP contribution in [0.2, 0.25) is 0 Å². The summed E-state index contributed by atoms with van der Waals surface area (Å²) in [5, 5.41) is 15.9. The number of anilines is 1. The first-order chi connectivity index (χ1) is 14.2. The molecule has 3 heterocycles. The predicted octanol–water partition coefficient (Wildman–Crippen LogP) is 4.70. The van der Waals surface area contributed by atoms with E-state index in [1.165, 1.54) is 23.1 Å². The number of thioether (sulfide) groups is 1. The average Bonchev–Trinajstić information content (AvgIpc) is 3.36. The van der Waals surface area contributed by atoms with Crippen LogP contribution in [0, 0.1) is 11.3 Å². The molecule has 0 aliphatic carbocycles. The average molecular weight is 416 g/mol. The summed E-state index contributed by atoms with van der Waals surface area (Å²) >= 11 is 2.69. The summed E-state index contributed by atoms with van der Waals surface area (Å²) in [4.78, 5) is 22.0. The number of imidazole rings is 1. The van der Waals surface area contributed by atoms with Gasteiger partial charge in [0, 0.05) is 5.39 Å². The molecule has 3 aromatic heterocycles. The Morgan fingerprint density at radius 3 is 2.76 bits per heavy atom. The molecular weight excluding hydrogens is 402 g/mol. The number of hydrogen-bond donors (Lipinski definition) is 1. The standard InChI is InChI=1S/C21H13N5OS2/c22-11-13-9-10-28-20(13)25-18(27)12-29-21-24-15-6-2-1-5-14(15)19-23-16-7-3-4-8-17(16)26(19)21/h1-10H,12H2,(H,25,27). The molecule has 0 unspecified atom stereocenters. The molecule has 1 N–H and O–H groups in total. The van der Waals surface area contributed by atoms with E-state index in [9.17, 15) is 4.79 Å². The van der Waals surface area contributed by atoms with Gasteiger partial charge in [0.25, 0.3) is 0 Å². The second kappa shape index (κ2) is 7.20. The zero-order valence-electron chi connectivity index (χ0n) is 15.0. The molecule has 6 nitrogen and oxygen atoms in total. The maximum atomic E-state index is 12.5. The third kappa shape index (κ3) is 3.10. The van der Waals surface area contributed by atoms with Gasteiger partial charge in [0.05, 0.1) is 27.9 Å². The first-order valence-electron chi connectivity index (χ1n) is 8.81. The van der Waals surface area contributed by atoms with E-state index >= 15 is 0 Å². The molecule has 140 valence electrons. The monoisotopic (exact) mass is 415 g/mol. The van der Waals surface area contributed by atoms with Crippen molar-refractivity contribution in [3.05, 3.63) is 65.5 Å². The molecule has 0 spiro atoms. The number of carbonyl (C=O) groups excluding carboxylic acids is 1. The van der Waals surface area contributed by atoms with Crippen LogP contribution in [0.25, 0.3) is 27.6 Å². The van der Waals surface area contributed by atoms with E-state index in [2.05, 4.69) is 11.4 Å². The highest BCUT2D eigenvalue weighted by Crippen LogP contribution is 2.29. The SMILES string of the molecule is N#Cc1ccsc1NC(=O)CSc1nc2ccccc2c2nc3ccccc3n12. The van der Waals surface area contributed by atoms with Gasteiger partial charge < -0.3 is 5.32 Å². The third-order valence-electron chi connectivity index (χ3n) is 4.48. The third-order valence-corrected chi connectivity index (χ3v) is 6.25. The second-order valence-corrected chi connectivity index (χ2v) is 8.14. The van der Waals surface area contributed by atoms with E-state index in [1.54, 1.807) is 11.4 Å². The Morgan fingerprint density at radius 2 is 1.90 bits per heavy atom. The van der Waals surface area contributed by atoms with Crippen molar-refractivity contribution in [2.45, 2.75) is 5.16 Å². The molecule has 1 amide bonds. The first-order valence-corrected chi connectivity index (χ1v) is 10.7. The molecule has 8 heteroatoms. The number of carbonyl (C=O) groups is 1. The number of para-hydroxylation sites is 3. The highest BCUT2D eigenvalue weighted by Gasteiger charge is 2.16. The van der Waals surface area contributed by atoms with Crippen LogP contribution >= 0.6 is 23.1 Å². The highest BCUT2D eigenvalue weighted by molar-refractivity contribution is 7.99. The van der Waals surface area contributed by atoms with E-state index in [0.29, 0.717) is 15.7 Å². The van der Waals surface area contributed by atoms with Crippen LogP contribution in [0.15, 0.2) is 65.1 Å². The lowest BCUT2D eigenvalue weighted by atomic mass is 10.2. The number of thiophene rings is 1. The molecule has 5 aromatic rings. The Balaban J connectivity index is 1.53. The number of nitrogens with one attached hydrogen (secondary N) is 1. The van der Waals surface area contributed by atoms with Crippen LogP contribution in [0.1, 0.15) is 5.56 Å². The summed E-state index contributed by atoms with van der Waals surface area (Å²) in [7, 11) is 0. The molecular formula is C21H13N5OS2. The number of hydrogen-bond acceptors (Lipinski definition) is 6. The summed E-state index contributed by atoms with van der Waals surface area (Å²) in [5.41, 5.74) is 3.97. The molecule has 0 atom stereocenters. The van der Waals surface area contributed by atoms with Gasteiger partial charge in [-0.3, -0.25) is 9.20 Å². The van der Waals surface area contributed by atoms with Crippen molar-refractivity contribution in [1.29, 1.82) is 5.26 Å². The number of nitriles is 1. The van der Waals surface area contributed by atoms with Crippen LogP contribution in [-0.2, 0) is 4.79 Å². The zero-order chi connectivity index (χ0) is 19.8. The van der Waals surface area contributed by atoms with Crippen LogP contribution in [0.5, 0.6) is 0 Å². The Hall–Kier alpha value is -3.41. The molecule has 0 aliphatic heterocycles. The van der Waals surface area contributed by atoms with E-state index in [4.69, 9.17) is 15.2 Å². The van der Waals surface area contributed by atoms with Gasteiger partial charge in [-0.1, -0.05) is 36.0 Å². The predicted molar refractivity (Wildman–Crippen MR) is 116 cm³/mol. The van der Waals surface area contributed by atoms with Crippen molar-refractivity contribution in [3.63, 3.8) is 0 Å². The van der Waals surface area contributed by atoms with E-state index < -0.39 is 0 Å². The number of benzene rings is 2. The fourth-order valence-corrected chi connectivity index (χ4v) is 4.76.